The van der Waals surface area contributed by atoms with Gasteiger partial charge in [0.05, 0.1) is 0 Å². The van der Waals surface area contributed by atoms with Crippen LogP contribution >= 0.6 is 0 Å². The van der Waals surface area contributed by atoms with E-state index < -0.39 is 0 Å². The van der Waals surface area contributed by atoms with Gasteiger partial charge in [0.15, 0.2) is 0 Å². The lowest BCUT2D eigenvalue weighted by molar-refractivity contribution is 0.195. The summed E-state index contributed by atoms with van der Waals surface area (Å²) in [7, 11) is 0. The number of ether oxygens (including phenoxy) is 1. The second-order valence-corrected chi connectivity index (χ2v) is 5.03. The van der Waals surface area contributed by atoms with E-state index in [2.05, 4.69) is 4.90 Å². The van der Waals surface area contributed by atoms with Gasteiger partial charge in [-0.15, -0.1) is 0 Å². The molecule has 1 aromatic rings. The van der Waals surface area contributed by atoms with Crippen LogP contribution in [0.2, 0.25) is 0 Å². The van der Waals surface area contributed by atoms with Crippen molar-refractivity contribution in [2.75, 3.05) is 32.0 Å². The lowest BCUT2D eigenvalue weighted by atomic mass is 10.1. The van der Waals surface area contributed by atoms with Crippen LogP contribution in [-0.4, -0.2) is 31.1 Å². The highest BCUT2D eigenvalue weighted by Gasteiger charge is 2.07. The quantitative estimate of drug-likeness (QED) is 0.833. The first kappa shape index (κ1) is 13.2. The number of nitrogen functional groups attached to an aromatic ring is 1. The molecule has 2 rings (SSSR count). The minimum atomic E-state index is 0.753. The molecule has 0 radical (unpaired) electrons. The molecule has 0 bridgehead atoms. The Morgan fingerprint density at radius 2 is 1.78 bits per heavy atom. The van der Waals surface area contributed by atoms with Gasteiger partial charge in [-0.05, 0) is 38.1 Å². The van der Waals surface area contributed by atoms with Gasteiger partial charge < -0.3 is 10.5 Å². The lowest BCUT2D eigenvalue weighted by Gasteiger charge is -2.24. The van der Waals surface area contributed by atoms with Crippen molar-refractivity contribution < 1.29 is 4.74 Å². The predicted molar refractivity (Wildman–Crippen MR) is 75.9 cm³/mol. The maximum absolute atomic E-state index is 5.74. The zero-order valence-electron chi connectivity index (χ0n) is 11.1. The van der Waals surface area contributed by atoms with E-state index in [1.807, 2.05) is 24.3 Å². The van der Waals surface area contributed by atoms with Crippen LogP contribution in [0, 0.1) is 0 Å². The average molecular weight is 248 g/mol. The van der Waals surface area contributed by atoms with Gasteiger partial charge in [0, 0.05) is 18.3 Å². The smallest absolute Gasteiger partial charge is 0.121 e. The monoisotopic (exact) mass is 248 g/mol. The molecule has 1 saturated heterocycles. The number of rotatable bonds is 4. The summed E-state index contributed by atoms with van der Waals surface area (Å²) >= 11 is 0. The highest BCUT2D eigenvalue weighted by atomic mass is 16.5. The molecule has 0 spiro atoms. The number of hydrogen-bond donors (Lipinski definition) is 1. The van der Waals surface area contributed by atoms with Crippen LogP contribution < -0.4 is 10.5 Å². The van der Waals surface area contributed by atoms with Gasteiger partial charge in [-0.3, -0.25) is 4.90 Å². The zero-order valence-corrected chi connectivity index (χ0v) is 11.1. The Morgan fingerprint density at radius 1 is 1.06 bits per heavy atom. The van der Waals surface area contributed by atoms with E-state index in [1.54, 1.807) is 0 Å². The van der Waals surface area contributed by atoms with Crippen molar-refractivity contribution in [2.24, 2.45) is 0 Å². The highest BCUT2D eigenvalue weighted by molar-refractivity contribution is 5.43. The van der Waals surface area contributed by atoms with Crippen molar-refractivity contribution in [3.63, 3.8) is 0 Å². The third-order valence-electron chi connectivity index (χ3n) is 3.48. The third-order valence-corrected chi connectivity index (χ3v) is 3.48. The number of benzene rings is 1. The summed E-state index contributed by atoms with van der Waals surface area (Å²) in [4.78, 5) is 2.52. The van der Waals surface area contributed by atoms with Gasteiger partial charge in [-0.2, -0.15) is 0 Å². The maximum atomic E-state index is 5.74. The molecular formula is C15H24N2O. The van der Waals surface area contributed by atoms with Gasteiger partial charge in [0.25, 0.3) is 0 Å². The number of likely N-dealkylation sites (tertiary alicyclic amines) is 1. The standard InChI is InChI=1S/C15H24N2O/c16-14-7-6-8-15(13-14)18-12-11-17-9-4-2-1-3-5-10-17/h6-8,13H,1-5,9-12,16H2. The second kappa shape index (κ2) is 7.27. The molecule has 18 heavy (non-hydrogen) atoms. The molecule has 0 unspecified atom stereocenters. The second-order valence-electron chi connectivity index (χ2n) is 5.03. The van der Waals surface area contributed by atoms with E-state index in [9.17, 15) is 0 Å². The molecule has 2 N–H and O–H groups in total. The fourth-order valence-electron chi connectivity index (χ4n) is 2.43. The van der Waals surface area contributed by atoms with Crippen molar-refractivity contribution in [3.05, 3.63) is 24.3 Å². The Bertz CT molecular complexity index is 346. The Morgan fingerprint density at radius 3 is 2.50 bits per heavy atom. The van der Waals surface area contributed by atoms with Crippen molar-refractivity contribution in [3.8, 4) is 5.75 Å². The van der Waals surface area contributed by atoms with Crippen LogP contribution in [0.4, 0.5) is 5.69 Å². The summed E-state index contributed by atoms with van der Waals surface area (Å²) in [6.45, 7) is 4.22. The van der Waals surface area contributed by atoms with E-state index in [0.717, 1.165) is 24.6 Å². The maximum Gasteiger partial charge on any atom is 0.121 e. The Kier molecular flexibility index (Phi) is 5.34. The molecule has 1 heterocycles. The predicted octanol–water partition coefficient (Wildman–Crippen LogP) is 2.91. The number of nitrogens with two attached hydrogens (primary N) is 1. The van der Waals surface area contributed by atoms with E-state index in [-0.39, 0.29) is 0 Å². The number of hydrogen-bond acceptors (Lipinski definition) is 3. The van der Waals surface area contributed by atoms with Crippen LogP contribution in [0.15, 0.2) is 24.3 Å². The summed E-state index contributed by atoms with van der Waals surface area (Å²) in [5.74, 6) is 0.877. The first-order valence-corrected chi connectivity index (χ1v) is 7.05. The minimum absolute atomic E-state index is 0.753. The van der Waals surface area contributed by atoms with E-state index in [0.29, 0.717) is 0 Å². The topological polar surface area (TPSA) is 38.5 Å². The summed E-state index contributed by atoms with van der Waals surface area (Å²) in [5, 5.41) is 0. The molecule has 3 heteroatoms. The van der Waals surface area contributed by atoms with Gasteiger partial charge in [0.2, 0.25) is 0 Å². The summed E-state index contributed by atoms with van der Waals surface area (Å²) in [6.07, 6.45) is 6.84. The summed E-state index contributed by atoms with van der Waals surface area (Å²) in [6, 6.07) is 7.66. The molecule has 1 aromatic carbocycles. The molecule has 0 amide bonds. The van der Waals surface area contributed by atoms with Gasteiger partial charge >= 0.3 is 0 Å². The summed E-state index contributed by atoms with van der Waals surface area (Å²) in [5.41, 5.74) is 6.48. The van der Waals surface area contributed by atoms with Crippen molar-refractivity contribution in [2.45, 2.75) is 32.1 Å². The first-order valence-electron chi connectivity index (χ1n) is 7.05. The molecule has 1 aliphatic rings. The van der Waals surface area contributed by atoms with Gasteiger partial charge in [-0.25, -0.2) is 0 Å². The Hall–Kier alpha value is -1.22. The fraction of sp³-hybridized carbons (Fsp3) is 0.600. The summed E-state index contributed by atoms with van der Waals surface area (Å²) < 4.78 is 5.74. The highest BCUT2D eigenvalue weighted by Crippen LogP contribution is 2.15. The van der Waals surface area contributed by atoms with Crippen LogP contribution in [0.25, 0.3) is 0 Å². The van der Waals surface area contributed by atoms with Gasteiger partial charge in [0.1, 0.15) is 12.4 Å². The lowest BCUT2D eigenvalue weighted by Crippen LogP contribution is -2.31. The van der Waals surface area contributed by atoms with E-state index >= 15 is 0 Å². The molecule has 0 atom stereocenters. The van der Waals surface area contributed by atoms with E-state index in [1.165, 1.54) is 45.2 Å². The average Bonchev–Trinajstić information content (AvgIpc) is 2.32. The van der Waals surface area contributed by atoms with Crippen molar-refractivity contribution in [1.29, 1.82) is 0 Å². The largest absolute Gasteiger partial charge is 0.492 e. The molecule has 1 aliphatic heterocycles. The molecule has 0 aromatic heterocycles. The Labute approximate surface area is 110 Å². The molecule has 100 valence electrons. The normalized spacial score (nSPS) is 18.0. The minimum Gasteiger partial charge on any atom is -0.492 e. The molecule has 3 nitrogen and oxygen atoms in total. The van der Waals surface area contributed by atoms with Crippen molar-refractivity contribution >= 4 is 5.69 Å². The van der Waals surface area contributed by atoms with Gasteiger partial charge in [-0.1, -0.05) is 25.3 Å². The Balaban J connectivity index is 1.70. The van der Waals surface area contributed by atoms with Crippen LogP contribution in [0.1, 0.15) is 32.1 Å². The van der Waals surface area contributed by atoms with Crippen molar-refractivity contribution in [1.82, 2.24) is 4.90 Å². The SMILES string of the molecule is Nc1cccc(OCCN2CCCCCCC2)c1. The van der Waals surface area contributed by atoms with Crippen LogP contribution in [0.3, 0.4) is 0 Å². The molecular weight excluding hydrogens is 224 g/mol. The number of nitrogens with zero attached hydrogens (tertiary/aromatic N) is 1. The molecule has 0 aliphatic carbocycles. The zero-order chi connectivity index (χ0) is 12.6. The van der Waals surface area contributed by atoms with E-state index in [4.69, 9.17) is 10.5 Å². The molecule has 1 fully saturated rings. The first-order chi connectivity index (χ1) is 8.84. The van der Waals surface area contributed by atoms with Crippen LogP contribution in [0.5, 0.6) is 5.75 Å². The number of anilines is 1. The fourth-order valence-corrected chi connectivity index (χ4v) is 2.43. The molecule has 0 saturated carbocycles. The third kappa shape index (κ3) is 4.57. The van der Waals surface area contributed by atoms with Crippen LogP contribution in [-0.2, 0) is 0 Å².